The van der Waals surface area contributed by atoms with Gasteiger partial charge in [0.15, 0.2) is 0 Å². The molecule has 0 bridgehead atoms. The molecule has 1 aliphatic heterocycles. The summed E-state index contributed by atoms with van der Waals surface area (Å²) >= 11 is 0. The van der Waals surface area contributed by atoms with E-state index in [4.69, 9.17) is 4.74 Å². The van der Waals surface area contributed by atoms with Gasteiger partial charge >= 0.3 is 5.97 Å². The van der Waals surface area contributed by atoms with E-state index in [1.165, 1.54) is 16.7 Å². The summed E-state index contributed by atoms with van der Waals surface area (Å²) in [5, 5.41) is 21.8. The van der Waals surface area contributed by atoms with Crippen LogP contribution >= 0.6 is 0 Å². The second-order valence-corrected chi connectivity index (χ2v) is 10.2. The first-order chi connectivity index (χ1) is 14.4. The van der Waals surface area contributed by atoms with Crippen LogP contribution in [-0.4, -0.2) is 27.9 Å². The number of aromatic hydroxyl groups is 1. The van der Waals surface area contributed by atoms with Gasteiger partial charge in [-0.05, 0) is 78.2 Å². The number of esters is 1. The van der Waals surface area contributed by atoms with Crippen LogP contribution in [0.4, 0.5) is 0 Å². The van der Waals surface area contributed by atoms with E-state index in [9.17, 15) is 15.0 Å². The molecule has 7 atom stereocenters. The van der Waals surface area contributed by atoms with Crippen molar-refractivity contribution >= 4 is 5.97 Å². The number of hydrogen-bond acceptors (Lipinski definition) is 4. The molecule has 1 heterocycles. The summed E-state index contributed by atoms with van der Waals surface area (Å²) in [5.74, 6) is 1.48. The Labute approximate surface area is 176 Å². The van der Waals surface area contributed by atoms with Crippen molar-refractivity contribution in [2.24, 2.45) is 17.3 Å². The molecule has 2 N–H and O–H groups in total. The van der Waals surface area contributed by atoms with Crippen LogP contribution in [0.1, 0.15) is 61.1 Å². The number of phenols is 1. The number of carbonyl (C=O) groups excluding carboxylic acids is 1. The number of hydrogen-bond donors (Lipinski definition) is 2. The molecule has 3 aliphatic carbocycles. The number of aliphatic hydroxyl groups is 1. The third-order valence-corrected chi connectivity index (χ3v) is 9.06. The van der Waals surface area contributed by atoms with Gasteiger partial charge in [0.1, 0.15) is 17.5 Å². The summed E-state index contributed by atoms with van der Waals surface area (Å²) in [6.45, 7) is 2.20. The molecule has 0 radical (unpaired) electrons. The highest BCUT2D eigenvalue weighted by molar-refractivity contribution is 5.74. The second kappa shape index (κ2) is 6.10. The lowest BCUT2D eigenvalue weighted by atomic mass is 9.50. The lowest BCUT2D eigenvalue weighted by Gasteiger charge is -2.54. The number of phenolic OH excluding ortho intramolecular Hbond substituents is 1. The lowest BCUT2D eigenvalue weighted by molar-refractivity contribution is -0.142. The van der Waals surface area contributed by atoms with Crippen LogP contribution in [0.3, 0.4) is 0 Å². The summed E-state index contributed by atoms with van der Waals surface area (Å²) in [5.41, 5.74) is 2.57. The minimum Gasteiger partial charge on any atom is -0.508 e. The quantitative estimate of drug-likeness (QED) is 0.696. The van der Waals surface area contributed by atoms with Crippen LogP contribution < -0.4 is 0 Å². The first-order valence-corrected chi connectivity index (χ1v) is 11.2. The standard InChI is InChI=1S/C26H28O4/c1-25-10-9-19-18-8-7-17(27)11-16(18)12-20(15-5-3-2-4-6-15)24(19)21(25)13-22-26(25,29)14-23(28)30-22/h2-8,11,19-22,24,27,29H,9-10,12-14H2,1H3/t19-,20-,21+,22?,24+,25+,26-/m1/s1. The molecule has 2 aromatic rings. The third-order valence-electron chi connectivity index (χ3n) is 9.06. The molecule has 156 valence electrons. The lowest BCUT2D eigenvalue weighted by Crippen LogP contribution is -2.53. The van der Waals surface area contributed by atoms with Gasteiger partial charge in [0.25, 0.3) is 0 Å². The molecular weight excluding hydrogens is 376 g/mol. The molecule has 1 unspecified atom stereocenters. The van der Waals surface area contributed by atoms with Crippen molar-refractivity contribution in [1.82, 2.24) is 0 Å². The molecular formula is C26H28O4. The fourth-order valence-electron chi connectivity index (χ4n) is 7.64. The molecule has 4 aliphatic rings. The molecule has 4 heteroatoms. The zero-order valence-corrected chi connectivity index (χ0v) is 17.3. The maximum absolute atomic E-state index is 12.0. The van der Waals surface area contributed by atoms with Crippen LogP contribution in [0.25, 0.3) is 0 Å². The van der Waals surface area contributed by atoms with Gasteiger partial charge in [0, 0.05) is 5.41 Å². The predicted molar refractivity (Wildman–Crippen MR) is 112 cm³/mol. The Morgan fingerprint density at radius 2 is 1.90 bits per heavy atom. The summed E-state index contributed by atoms with van der Waals surface area (Å²) in [7, 11) is 0. The molecule has 1 saturated heterocycles. The maximum atomic E-state index is 12.0. The largest absolute Gasteiger partial charge is 0.508 e. The molecule has 4 nitrogen and oxygen atoms in total. The molecule has 6 rings (SSSR count). The van der Waals surface area contributed by atoms with Crippen molar-refractivity contribution in [3.63, 3.8) is 0 Å². The smallest absolute Gasteiger partial charge is 0.309 e. The zero-order valence-electron chi connectivity index (χ0n) is 17.3. The van der Waals surface area contributed by atoms with Gasteiger partial charge in [0.05, 0.1) is 6.42 Å². The van der Waals surface area contributed by atoms with Gasteiger partial charge < -0.3 is 14.9 Å². The van der Waals surface area contributed by atoms with Gasteiger partial charge in [-0.25, -0.2) is 0 Å². The van der Waals surface area contributed by atoms with Crippen LogP contribution in [0, 0.1) is 17.3 Å². The second-order valence-electron chi connectivity index (χ2n) is 10.2. The summed E-state index contributed by atoms with van der Waals surface area (Å²) in [4.78, 5) is 12.0. The van der Waals surface area contributed by atoms with Crippen LogP contribution in [0.5, 0.6) is 5.75 Å². The molecule has 3 fully saturated rings. The maximum Gasteiger partial charge on any atom is 0.309 e. The molecule has 0 spiro atoms. The third kappa shape index (κ3) is 2.29. The molecule has 2 aromatic carbocycles. The Morgan fingerprint density at radius 1 is 1.10 bits per heavy atom. The average molecular weight is 405 g/mol. The van der Waals surface area contributed by atoms with E-state index in [-0.39, 0.29) is 23.9 Å². The van der Waals surface area contributed by atoms with Crippen molar-refractivity contribution in [3.8, 4) is 5.75 Å². The first-order valence-electron chi connectivity index (χ1n) is 11.2. The van der Waals surface area contributed by atoms with E-state index in [1.54, 1.807) is 0 Å². The van der Waals surface area contributed by atoms with Gasteiger partial charge in [0.2, 0.25) is 0 Å². The SMILES string of the molecule is C[C@]12CC[C@@H]3c4ccc(O)cc4C[C@H](c4ccccc4)[C@H]3[C@@H]1CC1OC(=O)C[C@@]12O. The van der Waals surface area contributed by atoms with Gasteiger partial charge in [-0.2, -0.15) is 0 Å². The fourth-order valence-corrected chi connectivity index (χ4v) is 7.64. The van der Waals surface area contributed by atoms with Crippen molar-refractivity contribution in [2.75, 3.05) is 0 Å². The molecule has 0 amide bonds. The summed E-state index contributed by atoms with van der Waals surface area (Å²) in [6.07, 6.45) is 3.27. The van der Waals surface area contributed by atoms with Crippen molar-refractivity contribution in [2.45, 2.75) is 62.6 Å². The van der Waals surface area contributed by atoms with Crippen molar-refractivity contribution in [3.05, 3.63) is 65.2 Å². The summed E-state index contributed by atoms with van der Waals surface area (Å²) in [6, 6.07) is 16.5. The molecule has 0 aromatic heterocycles. The number of fused-ring (bicyclic) bond motifs is 7. The monoisotopic (exact) mass is 404 g/mol. The van der Waals surface area contributed by atoms with Gasteiger partial charge in [-0.15, -0.1) is 0 Å². The highest BCUT2D eigenvalue weighted by Crippen LogP contribution is 2.68. The highest BCUT2D eigenvalue weighted by atomic mass is 16.6. The molecule has 30 heavy (non-hydrogen) atoms. The minimum atomic E-state index is -1.05. The van der Waals surface area contributed by atoms with E-state index < -0.39 is 5.60 Å². The van der Waals surface area contributed by atoms with Crippen LogP contribution in [-0.2, 0) is 16.0 Å². The highest BCUT2D eigenvalue weighted by Gasteiger charge is 2.70. The van der Waals surface area contributed by atoms with E-state index in [0.717, 1.165) is 25.7 Å². The van der Waals surface area contributed by atoms with E-state index in [0.29, 0.717) is 29.4 Å². The Bertz CT molecular complexity index is 1020. The normalized spacial score (nSPS) is 41.4. The fraction of sp³-hybridized carbons (Fsp3) is 0.500. The number of benzene rings is 2. The summed E-state index contributed by atoms with van der Waals surface area (Å²) < 4.78 is 5.63. The predicted octanol–water partition coefficient (Wildman–Crippen LogP) is 4.30. The van der Waals surface area contributed by atoms with Gasteiger partial charge in [-0.3, -0.25) is 4.79 Å². The number of ether oxygens (including phenoxy) is 1. The van der Waals surface area contributed by atoms with E-state index in [2.05, 4.69) is 43.3 Å². The topological polar surface area (TPSA) is 66.8 Å². The minimum absolute atomic E-state index is 0.127. The Morgan fingerprint density at radius 3 is 2.70 bits per heavy atom. The number of rotatable bonds is 1. The first kappa shape index (κ1) is 18.4. The number of carbonyl (C=O) groups is 1. The molecule has 2 saturated carbocycles. The van der Waals surface area contributed by atoms with E-state index in [1.807, 2.05) is 12.1 Å². The average Bonchev–Trinajstić information content (AvgIpc) is 3.14. The van der Waals surface area contributed by atoms with Crippen molar-refractivity contribution < 1.29 is 19.7 Å². The zero-order chi connectivity index (χ0) is 20.7. The van der Waals surface area contributed by atoms with Crippen molar-refractivity contribution in [1.29, 1.82) is 0 Å². The Balaban J connectivity index is 1.49. The Hall–Kier alpha value is -2.33. The van der Waals surface area contributed by atoms with Crippen LogP contribution in [0.15, 0.2) is 48.5 Å². The Kier molecular flexibility index (Phi) is 3.75. The van der Waals surface area contributed by atoms with E-state index >= 15 is 0 Å². The van der Waals surface area contributed by atoms with Crippen LogP contribution in [0.2, 0.25) is 0 Å². The van der Waals surface area contributed by atoms with Gasteiger partial charge in [-0.1, -0.05) is 43.3 Å².